The highest BCUT2D eigenvalue weighted by atomic mass is 32.2. The number of nitrogens with one attached hydrogen (secondary N) is 1. The minimum absolute atomic E-state index is 0.0137. The molecule has 0 aliphatic rings. The molecule has 1 atom stereocenters. The fraction of sp³-hybridized carbons (Fsp3) is 0.222. The number of thioether (sulfide) groups is 1. The quantitative estimate of drug-likeness (QED) is 0.377. The second kappa shape index (κ2) is 8.09. The van der Waals surface area contributed by atoms with E-state index in [1.807, 2.05) is 17.8 Å². The predicted octanol–water partition coefficient (Wildman–Crippen LogP) is 3.70. The minimum Gasteiger partial charge on any atom is -0.455 e. The van der Waals surface area contributed by atoms with Crippen LogP contribution in [0.3, 0.4) is 0 Å². The first kappa shape index (κ1) is 18.7. The van der Waals surface area contributed by atoms with Crippen molar-refractivity contribution in [2.24, 2.45) is 7.05 Å². The van der Waals surface area contributed by atoms with Crippen molar-refractivity contribution in [3.05, 3.63) is 76.0 Å². The van der Waals surface area contributed by atoms with E-state index in [-0.39, 0.29) is 17.4 Å². The van der Waals surface area contributed by atoms with Crippen molar-refractivity contribution in [2.45, 2.75) is 23.9 Å². The van der Waals surface area contributed by atoms with Gasteiger partial charge in [-0.2, -0.15) is 0 Å². The van der Waals surface area contributed by atoms with Gasteiger partial charge in [0, 0.05) is 31.6 Å². The summed E-state index contributed by atoms with van der Waals surface area (Å²) in [5, 5.41) is 14.5. The topological polar surface area (TPSA) is 103 Å². The molecule has 8 nitrogen and oxygen atoms in total. The van der Waals surface area contributed by atoms with Crippen LogP contribution in [0.15, 0.2) is 58.4 Å². The average molecular weight is 386 g/mol. The number of nitrogens with zero attached hydrogens (tertiary/aromatic N) is 3. The van der Waals surface area contributed by atoms with Crippen LogP contribution in [-0.4, -0.2) is 20.4 Å². The van der Waals surface area contributed by atoms with Crippen LogP contribution in [0.25, 0.3) is 0 Å². The minimum atomic E-state index is -0.462. The Labute approximate surface area is 159 Å². The molecular weight excluding hydrogens is 368 g/mol. The van der Waals surface area contributed by atoms with E-state index >= 15 is 0 Å². The number of hydrogen-bond acceptors (Lipinski definition) is 6. The first-order chi connectivity index (χ1) is 12.9. The smallest absolute Gasteiger partial charge is 0.287 e. The van der Waals surface area contributed by atoms with E-state index in [1.54, 1.807) is 37.4 Å². The Bertz CT molecular complexity index is 966. The lowest BCUT2D eigenvalue weighted by atomic mass is 10.1. The highest BCUT2D eigenvalue weighted by Crippen LogP contribution is 2.23. The highest BCUT2D eigenvalue weighted by Gasteiger charge is 2.17. The van der Waals surface area contributed by atoms with Crippen LogP contribution in [0.5, 0.6) is 0 Å². The lowest BCUT2D eigenvalue weighted by molar-refractivity contribution is -0.384. The highest BCUT2D eigenvalue weighted by molar-refractivity contribution is 7.98. The first-order valence-corrected chi connectivity index (χ1v) is 9.16. The van der Waals surface area contributed by atoms with Gasteiger partial charge in [-0.15, -0.1) is 0 Å². The molecule has 1 unspecified atom stereocenters. The Balaban J connectivity index is 1.61. The molecule has 0 saturated carbocycles. The fourth-order valence-electron chi connectivity index (χ4n) is 2.46. The monoisotopic (exact) mass is 386 g/mol. The van der Waals surface area contributed by atoms with Crippen molar-refractivity contribution in [3.63, 3.8) is 0 Å². The summed E-state index contributed by atoms with van der Waals surface area (Å²) in [7, 11) is 1.91. The maximum absolute atomic E-state index is 12.4. The second-order valence-corrected chi connectivity index (χ2v) is 6.87. The van der Waals surface area contributed by atoms with Gasteiger partial charge in [0.05, 0.1) is 16.7 Å². The van der Waals surface area contributed by atoms with Gasteiger partial charge in [0.2, 0.25) is 0 Å². The van der Waals surface area contributed by atoms with Gasteiger partial charge in [-0.05, 0) is 24.6 Å². The van der Waals surface area contributed by atoms with Gasteiger partial charge in [-0.3, -0.25) is 14.9 Å². The molecule has 1 aromatic carbocycles. The van der Waals surface area contributed by atoms with Gasteiger partial charge in [0.1, 0.15) is 5.76 Å². The fourth-order valence-corrected chi connectivity index (χ4v) is 3.29. The summed E-state index contributed by atoms with van der Waals surface area (Å²) in [5.41, 5.74) is 0.634. The van der Waals surface area contributed by atoms with E-state index in [2.05, 4.69) is 10.3 Å². The van der Waals surface area contributed by atoms with E-state index in [4.69, 9.17) is 4.42 Å². The summed E-state index contributed by atoms with van der Waals surface area (Å²) < 4.78 is 7.51. The SMILES string of the molecule is CC(NC(=O)c1ccc(CSc2nccn2C)o1)c1cccc([N+](=O)[O-])c1. The van der Waals surface area contributed by atoms with Crippen LogP contribution in [-0.2, 0) is 12.8 Å². The Kier molecular flexibility index (Phi) is 5.60. The molecule has 2 aromatic heterocycles. The lowest BCUT2D eigenvalue weighted by Crippen LogP contribution is -2.26. The third-order valence-electron chi connectivity index (χ3n) is 3.93. The van der Waals surface area contributed by atoms with Gasteiger partial charge in [-0.25, -0.2) is 4.98 Å². The number of rotatable bonds is 7. The summed E-state index contributed by atoms with van der Waals surface area (Å²) in [6.45, 7) is 1.76. The van der Waals surface area contributed by atoms with E-state index in [0.717, 1.165) is 5.16 Å². The molecular formula is C18H18N4O4S. The second-order valence-electron chi connectivity index (χ2n) is 5.92. The molecule has 0 spiro atoms. The molecule has 0 radical (unpaired) electrons. The zero-order valence-electron chi connectivity index (χ0n) is 14.8. The largest absolute Gasteiger partial charge is 0.455 e. The third kappa shape index (κ3) is 4.56. The number of hydrogen-bond donors (Lipinski definition) is 1. The van der Waals surface area contributed by atoms with E-state index in [1.165, 1.54) is 23.9 Å². The number of furan rings is 1. The third-order valence-corrected chi connectivity index (χ3v) is 5.02. The summed E-state index contributed by atoms with van der Waals surface area (Å²) in [6, 6.07) is 9.16. The Morgan fingerprint density at radius 1 is 1.41 bits per heavy atom. The number of amides is 1. The number of aromatic nitrogens is 2. The predicted molar refractivity (Wildman–Crippen MR) is 100 cm³/mol. The van der Waals surface area contributed by atoms with Crippen molar-refractivity contribution < 1.29 is 14.1 Å². The molecule has 1 N–H and O–H groups in total. The number of carbonyl (C=O) groups is 1. The van der Waals surface area contributed by atoms with Crippen LogP contribution in [0.4, 0.5) is 5.69 Å². The number of non-ortho nitro benzene ring substituents is 1. The molecule has 3 rings (SSSR count). The van der Waals surface area contributed by atoms with Crippen LogP contribution in [0.1, 0.15) is 34.8 Å². The number of carbonyl (C=O) groups excluding carboxylic acids is 1. The van der Waals surface area contributed by atoms with Crippen molar-refractivity contribution in [3.8, 4) is 0 Å². The van der Waals surface area contributed by atoms with Gasteiger partial charge < -0.3 is 14.3 Å². The number of nitro benzene ring substituents is 1. The molecule has 27 heavy (non-hydrogen) atoms. The molecule has 0 aliphatic carbocycles. The summed E-state index contributed by atoms with van der Waals surface area (Å²) in [4.78, 5) is 27.0. The van der Waals surface area contributed by atoms with E-state index < -0.39 is 11.0 Å². The zero-order chi connectivity index (χ0) is 19.4. The van der Waals surface area contributed by atoms with E-state index in [0.29, 0.717) is 17.1 Å². The normalized spacial score (nSPS) is 11.9. The van der Waals surface area contributed by atoms with Gasteiger partial charge in [0.15, 0.2) is 10.9 Å². The molecule has 0 aliphatic heterocycles. The number of nitro groups is 1. The maximum atomic E-state index is 12.4. The van der Waals surface area contributed by atoms with Crippen LogP contribution in [0.2, 0.25) is 0 Å². The van der Waals surface area contributed by atoms with Gasteiger partial charge >= 0.3 is 0 Å². The first-order valence-electron chi connectivity index (χ1n) is 8.18. The average Bonchev–Trinajstić information content (AvgIpc) is 3.29. The van der Waals surface area contributed by atoms with Crippen molar-refractivity contribution >= 4 is 23.4 Å². The maximum Gasteiger partial charge on any atom is 0.287 e. The van der Waals surface area contributed by atoms with Crippen LogP contribution in [0, 0.1) is 10.1 Å². The van der Waals surface area contributed by atoms with Crippen molar-refractivity contribution in [1.29, 1.82) is 0 Å². The van der Waals surface area contributed by atoms with Crippen LogP contribution >= 0.6 is 11.8 Å². The van der Waals surface area contributed by atoms with Crippen molar-refractivity contribution in [1.82, 2.24) is 14.9 Å². The molecule has 9 heteroatoms. The molecule has 140 valence electrons. The van der Waals surface area contributed by atoms with Gasteiger partial charge in [0.25, 0.3) is 11.6 Å². The summed E-state index contributed by atoms with van der Waals surface area (Å²) >= 11 is 1.51. The molecule has 1 amide bonds. The molecule has 0 bridgehead atoms. The van der Waals surface area contributed by atoms with Crippen LogP contribution < -0.4 is 5.32 Å². The number of aryl methyl sites for hydroxylation is 1. The van der Waals surface area contributed by atoms with E-state index in [9.17, 15) is 14.9 Å². The summed E-state index contributed by atoms with van der Waals surface area (Å²) in [6.07, 6.45) is 3.58. The number of benzene rings is 1. The number of imidazole rings is 1. The lowest BCUT2D eigenvalue weighted by Gasteiger charge is -2.13. The Morgan fingerprint density at radius 3 is 2.93 bits per heavy atom. The Morgan fingerprint density at radius 2 is 2.22 bits per heavy atom. The summed E-state index contributed by atoms with van der Waals surface area (Å²) in [5.74, 6) is 1.04. The zero-order valence-corrected chi connectivity index (χ0v) is 15.6. The molecule has 0 fully saturated rings. The standard InChI is InChI=1S/C18H18N4O4S/c1-12(13-4-3-5-14(10-13)22(24)25)20-17(23)16-7-6-15(26-16)11-27-18-19-8-9-21(18)2/h3-10,12H,11H2,1-2H3,(H,20,23). The molecule has 3 aromatic rings. The molecule has 2 heterocycles. The Hall–Kier alpha value is -3.07. The molecule has 0 saturated heterocycles. The van der Waals surface area contributed by atoms with Gasteiger partial charge in [-0.1, -0.05) is 23.9 Å². The van der Waals surface area contributed by atoms with Crippen molar-refractivity contribution in [2.75, 3.05) is 0 Å².